The Balaban J connectivity index is 2.63. The first-order chi connectivity index (χ1) is 9.21. The molecule has 19 heavy (non-hydrogen) atoms. The van der Waals surface area contributed by atoms with E-state index in [0.29, 0.717) is 6.04 Å². The Bertz CT molecular complexity index is 339. The van der Waals surface area contributed by atoms with Crippen molar-refractivity contribution in [1.29, 1.82) is 0 Å². The fraction of sp³-hybridized carbons (Fsp3) is 0.625. The van der Waals surface area contributed by atoms with Crippen LogP contribution in [0.15, 0.2) is 24.3 Å². The molecule has 0 aliphatic carbocycles. The predicted molar refractivity (Wildman–Crippen MR) is 86.2 cm³/mol. The molecule has 0 fully saturated rings. The Kier molecular flexibility index (Phi) is 7.99. The van der Waals surface area contributed by atoms with Crippen LogP contribution in [-0.4, -0.2) is 24.2 Å². The second kappa shape index (κ2) is 9.27. The molecule has 3 heteroatoms. The van der Waals surface area contributed by atoms with Gasteiger partial charge in [-0.25, -0.2) is 0 Å². The number of hydrogen-bond acceptors (Lipinski definition) is 3. The van der Waals surface area contributed by atoms with E-state index in [1.165, 1.54) is 12.0 Å². The molecule has 1 N–H and O–H groups in total. The van der Waals surface area contributed by atoms with Gasteiger partial charge < -0.3 is 10.1 Å². The Labute approximate surface area is 122 Å². The second-order valence-electron chi connectivity index (χ2n) is 4.66. The topological polar surface area (TPSA) is 21.3 Å². The van der Waals surface area contributed by atoms with Crippen molar-refractivity contribution < 1.29 is 4.74 Å². The van der Waals surface area contributed by atoms with Gasteiger partial charge in [0.2, 0.25) is 0 Å². The van der Waals surface area contributed by atoms with Gasteiger partial charge in [0.1, 0.15) is 5.75 Å². The highest BCUT2D eigenvalue weighted by Gasteiger charge is 2.12. The Hall–Kier alpha value is -0.670. The van der Waals surface area contributed by atoms with Crippen LogP contribution in [0.2, 0.25) is 0 Å². The summed E-state index contributed by atoms with van der Waals surface area (Å²) in [6.07, 6.45) is 1.23. The lowest BCUT2D eigenvalue weighted by molar-refractivity contribution is 0.340. The van der Waals surface area contributed by atoms with Crippen LogP contribution in [0.5, 0.6) is 5.75 Å². The molecule has 0 aromatic heterocycles. The summed E-state index contributed by atoms with van der Waals surface area (Å²) in [7, 11) is 0. The van der Waals surface area contributed by atoms with E-state index >= 15 is 0 Å². The van der Waals surface area contributed by atoms with Gasteiger partial charge in [0.25, 0.3) is 0 Å². The molecule has 1 aromatic rings. The summed E-state index contributed by atoms with van der Waals surface area (Å²) in [4.78, 5) is 0. The normalized spacial score (nSPS) is 14.1. The van der Waals surface area contributed by atoms with E-state index in [2.05, 4.69) is 50.4 Å². The van der Waals surface area contributed by atoms with Gasteiger partial charge in [0.05, 0.1) is 6.61 Å². The van der Waals surface area contributed by atoms with Crippen molar-refractivity contribution >= 4 is 11.8 Å². The minimum atomic E-state index is 0.430. The van der Waals surface area contributed by atoms with Crippen LogP contribution in [0.1, 0.15) is 45.7 Å². The highest BCUT2D eigenvalue weighted by Crippen LogP contribution is 2.24. The first kappa shape index (κ1) is 16.4. The molecule has 0 spiro atoms. The maximum Gasteiger partial charge on any atom is 0.119 e. The zero-order chi connectivity index (χ0) is 14.1. The van der Waals surface area contributed by atoms with Crippen LogP contribution in [0.4, 0.5) is 0 Å². The number of rotatable bonds is 9. The van der Waals surface area contributed by atoms with Crippen molar-refractivity contribution in [3.05, 3.63) is 29.8 Å². The maximum atomic E-state index is 5.49. The zero-order valence-corrected chi connectivity index (χ0v) is 13.4. The largest absolute Gasteiger partial charge is 0.494 e. The lowest BCUT2D eigenvalue weighted by Gasteiger charge is -2.20. The lowest BCUT2D eigenvalue weighted by Crippen LogP contribution is -2.23. The van der Waals surface area contributed by atoms with E-state index in [-0.39, 0.29) is 0 Å². The highest BCUT2D eigenvalue weighted by molar-refractivity contribution is 7.99. The molecule has 108 valence electrons. The summed E-state index contributed by atoms with van der Waals surface area (Å²) in [5.41, 5.74) is 1.35. The van der Waals surface area contributed by atoms with Gasteiger partial charge in [0.15, 0.2) is 0 Å². The van der Waals surface area contributed by atoms with Crippen LogP contribution in [0.3, 0.4) is 0 Å². The molecular formula is C16H27NOS. The van der Waals surface area contributed by atoms with Gasteiger partial charge in [0, 0.05) is 17.0 Å². The zero-order valence-electron chi connectivity index (χ0n) is 12.6. The van der Waals surface area contributed by atoms with Gasteiger partial charge in [-0.1, -0.05) is 32.9 Å². The summed E-state index contributed by atoms with van der Waals surface area (Å²) in [5, 5.41) is 4.29. The standard InChI is InChI=1S/C16H27NOS/c1-5-13(4)19-12-16(17-6-2)14-8-10-15(11-9-14)18-7-3/h8-11,13,16-17H,5-7,12H2,1-4H3. The van der Waals surface area contributed by atoms with Crippen molar-refractivity contribution in [3.63, 3.8) is 0 Å². The minimum Gasteiger partial charge on any atom is -0.494 e. The van der Waals surface area contributed by atoms with Gasteiger partial charge in [-0.05, 0) is 37.6 Å². The molecule has 0 saturated carbocycles. The highest BCUT2D eigenvalue weighted by atomic mass is 32.2. The van der Waals surface area contributed by atoms with Crippen molar-refractivity contribution in [2.75, 3.05) is 18.9 Å². The third kappa shape index (κ3) is 5.87. The second-order valence-corrected chi connectivity index (χ2v) is 6.14. The average Bonchev–Trinajstić information content (AvgIpc) is 2.44. The Morgan fingerprint density at radius 3 is 2.37 bits per heavy atom. The fourth-order valence-electron chi connectivity index (χ4n) is 1.86. The van der Waals surface area contributed by atoms with Gasteiger partial charge in [-0.2, -0.15) is 11.8 Å². The molecule has 1 rings (SSSR count). The van der Waals surface area contributed by atoms with Crippen LogP contribution < -0.4 is 10.1 Å². The fourth-order valence-corrected chi connectivity index (χ4v) is 2.93. The molecule has 0 radical (unpaired) electrons. The SMILES string of the molecule is CCNC(CSC(C)CC)c1ccc(OCC)cc1. The molecule has 0 aliphatic rings. The first-order valence-corrected chi connectivity index (χ1v) is 8.33. The van der Waals surface area contributed by atoms with Crippen LogP contribution in [0, 0.1) is 0 Å². The van der Waals surface area contributed by atoms with Gasteiger partial charge >= 0.3 is 0 Å². The molecule has 0 aliphatic heterocycles. The third-order valence-corrected chi connectivity index (χ3v) is 4.59. The van der Waals surface area contributed by atoms with Crippen molar-refractivity contribution in [2.24, 2.45) is 0 Å². The number of hydrogen-bond donors (Lipinski definition) is 1. The Morgan fingerprint density at radius 1 is 1.16 bits per heavy atom. The van der Waals surface area contributed by atoms with E-state index in [9.17, 15) is 0 Å². The molecule has 0 amide bonds. The molecule has 2 atom stereocenters. The van der Waals surface area contributed by atoms with E-state index in [1.807, 2.05) is 18.7 Å². The minimum absolute atomic E-state index is 0.430. The Morgan fingerprint density at radius 2 is 1.84 bits per heavy atom. The molecule has 0 heterocycles. The third-order valence-electron chi connectivity index (χ3n) is 3.17. The summed E-state index contributed by atoms with van der Waals surface area (Å²) in [6, 6.07) is 8.92. The van der Waals surface area contributed by atoms with E-state index in [0.717, 1.165) is 29.9 Å². The molecule has 0 bridgehead atoms. The number of nitrogens with one attached hydrogen (secondary N) is 1. The number of ether oxygens (including phenoxy) is 1. The lowest BCUT2D eigenvalue weighted by atomic mass is 10.1. The van der Waals surface area contributed by atoms with E-state index in [1.54, 1.807) is 0 Å². The first-order valence-electron chi connectivity index (χ1n) is 7.28. The van der Waals surface area contributed by atoms with Crippen molar-refractivity contribution in [3.8, 4) is 5.75 Å². The monoisotopic (exact) mass is 281 g/mol. The summed E-state index contributed by atoms with van der Waals surface area (Å²) in [5.74, 6) is 2.08. The molecule has 2 nitrogen and oxygen atoms in total. The summed E-state index contributed by atoms with van der Waals surface area (Å²) < 4.78 is 5.49. The average molecular weight is 281 g/mol. The van der Waals surface area contributed by atoms with Crippen LogP contribution >= 0.6 is 11.8 Å². The van der Waals surface area contributed by atoms with Crippen molar-refractivity contribution in [1.82, 2.24) is 5.32 Å². The quantitative estimate of drug-likeness (QED) is 0.730. The van der Waals surface area contributed by atoms with Crippen LogP contribution in [0.25, 0.3) is 0 Å². The predicted octanol–water partition coefficient (Wildman–Crippen LogP) is 4.27. The smallest absolute Gasteiger partial charge is 0.119 e. The summed E-state index contributed by atoms with van der Waals surface area (Å²) >= 11 is 2.04. The van der Waals surface area contributed by atoms with Gasteiger partial charge in [-0.15, -0.1) is 0 Å². The molecular weight excluding hydrogens is 254 g/mol. The van der Waals surface area contributed by atoms with Crippen LogP contribution in [-0.2, 0) is 0 Å². The van der Waals surface area contributed by atoms with Gasteiger partial charge in [-0.3, -0.25) is 0 Å². The number of thioether (sulfide) groups is 1. The van der Waals surface area contributed by atoms with E-state index in [4.69, 9.17) is 4.74 Å². The summed E-state index contributed by atoms with van der Waals surface area (Å²) in [6.45, 7) is 10.4. The number of benzene rings is 1. The molecule has 1 aromatic carbocycles. The maximum absolute atomic E-state index is 5.49. The molecule has 0 saturated heterocycles. The van der Waals surface area contributed by atoms with Crippen molar-refractivity contribution in [2.45, 2.75) is 45.4 Å². The van der Waals surface area contributed by atoms with E-state index < -0.39 is 0 Å². The molecule has 2 unspecified atom stereocenters.